The van der Waals surface area contributed by atoms with Crippen molar-refractivity contribution >= 4 is 29.9 Å². The summed E-state index contributed by atoms with van der Waals surface area (Å²) in [6.07, 6.45) is 5.26. The third-order valence-electron chi connectivity index (χ3n) is 5.40. The van der Waals surface area contributed by atoms with E-state index in [1.807, 2.05) is 25.2 Å². The van der Waals surface area contributed by atoms with Gasteiger partial charge >= 0.3 is 0 Å². The Kier molecular flexibility index (Phi) is 6.98. The molecule has 0 unspecified atom stereocenters. The third-order valence-corrected chi connectivity index (χ3v) is 5.63. The smallest absolute Gasteiger partial charge is 0.274 e. The summed E-state index contributed by atoms with van der Waals surface area (Å²) >= 11 is 6.16. The molecule has 0 saturated heterocycles. The highest BCUT2D eigenvalue weighted by atomic mass is 35.5. The molecule has 0 radical (unpaired) electrons. The Balaban J connectivity index is 0.00000243. The molecule has 0 aliphatic heterocycles. The van der Waals surface area contributed by atoms with E-state index >= 15 is 0 Å². The van der Waals surface area contributed by atoms with E-state index in [0.717, 1.165) is 30.7 Å². The first-order valence-electron chi connectivity index (χ1n) is 8.57. The number of benzene rings is 1. The lowest BCUT2D eigenvalue weighted by Gasteiger charge is -2.42. The molecule has 1 aromatic carbocycles. The van der Waals surface area contributed by atoms with Gasteiger partial charge in [-0.2, -0.15) is 5.10 Å². The fraction of sp³-hybridized carbons (Fsp3) is 0.421. The second-order valence-electron chi connectivity index (χ2n) is 6.75. The molecule has 1 aliphatic carbocycles. The zero-order valence-electron chi connectivity index (χ0n) is 14.8. The molecule has 7 heteroatoms. The minimum atomic E-state index is -0.0823. The zero-order chi connectivity index (χ0) is 17.9. The first-order chi connectivity index (χ1) is 12.1. The minimum Gasteiger partial charge on any atom is -0.337 e. The van der Waals surface area contributed by atoms with Gasteiger partial charge in [0.05, 0.1) is 0 Å². The molecular formula is C19H24Cl2N4O. The molecule has 1 fully saturated rings. The average molecular weight is 395 g/mol. The van der Waals surface area contributed by atoms with Gasteiger partial charge in [-0.3, -0.25) is 4.79 Å². The van der Waals surface area contributed by atoms with Crippen LogP contribution < -0.4 is 5.73 Å². The van der Waals surface area contributed by atoms with E-state index in [1.165, 1.54) is 5.56 Å². The Morgan fingerprint density at radius 2 is 2.04 bits per heavy atom. The summed E-state index contributed by atoms with van der Waals surface area (Å²) in [5, 5.41) is 8.45. The largest absolute Gasteiger partial charge is 0.337 e. The first kappa shape index (κ1) is 20.6. The number of nitrogens with zero attached hydrogens (tertiary/aromatic N) is 3. The number of carbonyl (C=O) groups is 1. The van der Waals surface area contributed by atoms with Crippen molar-refractivity contribution in [3.05, 3.63) is 58.9 Å². The summed E-state index contributed by atoms with van der Waals surface area (Å²) in [6.45, 7) is 0.585. The van der Waals surface area contributed by atoms with Crippen LogP contribution in [0.4, 0.5) is 0 Å². The van der Waals surface area contributed by atoms with E-state index in [1.54, 1.807) is 23.2 Å². The second-order valence-corrected chi connectivity index (χ2v) is 7.19. The van der Waals surface area contributed by atoms with Crippen molar-refractivity contribution in [2.45, 2.75) is 37.1 Å². The van der Waals surface area contributed by atoms with Gasteiger partial charge in [0.1, 0.15) is 0 Å². The summed E-state index contributed by atoms with van der Waals surface area (Å²) < 4.78 is 0. The van der Waals surface area contributed by atoms with Crippen molar-refractivity contribution in [3.8, 4) is 0 Å². The topological polar surface area (TPSA) is 72.1 Å². The normalized spacial score (nSPS) is 22.3. The van der Waals surface area contributed by atoms with Crippen LogP contribution >= 0.6 is 24.0 Å². The fourth-order valence-corrected chi connectivity index (χ4v) is 3.92. The fourth-order valence-electron chi connectivity index (χ4n) is 3.73. The highest BCUT2D eigenvalue weighted by Gasteiger charge is 2.38. The number of hydrogen-bond acceptors (Lipinski definition) is 4. The van der Waals surface area contributed by atoms with Crippen LogP contribution in [-0.4, -0.2) is 40.6 Å². The molecule has 1 aromatic heterocycles. The van der Waals surface area contributed by atoms with Crippen molar-refractivity contribution in [1.29, 1.82) is 0 Å². The van der Waals surface area contributed by atoms with Gasteiger partial charge in [-0.05, 0) is 55.5 Å². The number of hydrogen-bond donors (Lipinski definition) is 1. The number of aromatic nitrogens is 2. The van der Waals surface area contributed by atoms with E-state index in [4.69, 9.17) is 17.3 Å². The highest BCUT2D eigenvalue weighted by Crippen LogP contribution is 2.40. The van der Waals surface area contributed by atoms with Crippen LogP contribution in [0.2, 0.25) is 5.02 Å². The van der Waals surface area contributed by atoms with Gasteiger partial charge in [0.2, 0.25) is 0 Å². The highest BCUT2D eigenvalue weighted by molar-refractivity contribution is 6.30. The molecule has 1 saturated carbocycles. The van der Waals surface area contributed by atoms with Gasteiger partial charge in [-0.1, -0.05) is 23.7 Å². The molecule has 5 nitrogen and oxygen atoms in total. The lowest BCUT2D eigenvalue weighted by atomic mass is 9.68. The third kappa shape index (κ3) is 4.17. The van der Waals surface area contributed by atoms with Gasteiger partial charge < -0.3 is 10.6 Å². The van der Waals surface area contributed by atoms with E-state index in [2.05, 4.69) is 16.3 Å². The van der Waals surface area contributed by atoms with E-state index in [9.17, 15) is 4.79 Å². The number of amides is 1. The second kappa shape index (κ2) is 8.80. The number of rotatable bonds is 4. The lowest BCUT2D eigenvalue weighted by Crippen LogP contribution is -2.46. The van der Waals surface area contributed by atoms with Crippen LogP contribution in [0.1, 0.15) is 41.7 Å². The van der Waals surface area contributed by atoms with Crippen molar-refractivity contribution in [1.82, 2.24) is 15.1 Å². The molecule has 0 atom stereocenters. The van der Waals surface area contributed by atoms with Crippen molar-refractivity contribution < 1.29 is 4.79 Å². The molecule has 140 valence electrons. The number of nitrogens with two attached hydrogens (primary N) is 1. The number of carbonyl (C=O) groups excluding carboxylic acids is 1. The molecule has 2 N–H and O–H groups in total. The zero-order valence-corrected chi connectivity index (χ0v) is 16.3. The molecule has 26 heavy (non-hydrogen) atoms. The quantitative estimate of drug-likeness (QED) is 0.861. The molecular weight excluding hydrogens is 371 g/mol. The van der Waals surface area contributed by atoms with Gasteiger partial charge in [0.15, 0.2) is 5.69 Å². The minimum absolute atomic E-state index is 0. The predicted octanol–water partition coefficient (Wildman–Crippen LogP) is 3.46. The molecule has 1 heterocycles. The summed E-state index contributed by atoms with van der Waals surface area (Å²) in [7, 11) is 1.84. The summed E-state index contributed by atoms with van der Waals surface area (Å²) in [5.41, 5.74) is 7.68. The summed E-state index contributed by atoms with van der Waals surface area (Å²) in [4.78, 5) is 14.4. The van der Waals surface area contributed by atoms with E-state index in [0.29, 0.717) is 12.2 Å². The van der Waals surface area contributed by atoms with Crippen LogP contribution in [-0.2, 0) is 5.41 Å². The van der Waals surface area contributed by atoms with Crippen LogP contribution in [0.15, 0.2) is 42.6 Å². The van der Waals surface area contributed by atoms with Crippen LogP contribution in [0, 0.1) is 0 Å². The van der Waals surface area contributed by atoms with Crippen LogP contribution in [0.3, 0.4) is 0 Å². The summed E-state index contributed by atoms with van der Waals surface area (Å²) in [6, 6.07) is 11.6. The molecule has 0 spiro atoms. The van der Waals surface area contributed by atoms with Crippen molar-refractivity contribution in [2.75, 3.05) is 13.6 Å². The number of halogens is 2. The van der Waals surface area contributed by atoms with Gasteiger partial charge in [0, 0.05) is 36.3 Å². The molecule has 1 aliphatic rings. The maximum atomic E-state index is 12.6. The molecule has 0 bridgehead atoms. The molecule has 2 aromatic rings. The first-order valence-corrected chi connectivity index (χ1v) is 8.94. The Morgan fingerprint density at radius 1 is 1.31 bits per heavy atom. The van der Waals surface area contributed by atoms with Crippen molar-refractivity contribution in [2.24, 2.45) is 5.73 Å². The lowest BCUT2D eigenvalue weighted by molar-refractivity contribution is 0.0655. The Bertz CT molecular complexity index is 733. The molecule has 3 rings (SSSR count). The monoisotopic (exact) mass is 394 g/mol. The van der Waals surface area contributed by atoms with E-state index in [-0.39, 0.29) is 29.8 Å². The predicted molar refractivity (Wildman–Crippen MR) is 106 cm³/mol. The summed E-state index contributed by atoms with van der Waals surface area (Å²) in [5.74, 6) is -0.0823. The standard InChI is InChI=1S/C19H23ClN4O.ClH/c1-24(18(25)17-6-3-11-22-23-17)16-7-9-19(13-21,10-8-16)14-4-2-5-15(20)12-14;/h2-6,11-12,16H,7-10,13,21H2,1H3;1H. The van der Waals surface area contributed by atoms with Crippen LogP contribution in [0.5, 0.6) is 0 Å². The Morgan fingerprint density at radius 3 is 2.62 bits per heavy atom. The van der Waals surface area contributed by atoms with Gasteiger partial charge in [-0.25, -0.2) is 0 Å². The maximum absolute atomic E-state index is 12.6. The maximum Gasteiger partial charge on any atom is 0.274 e. The average Bonchev–Trinajstić information content (AvgIpc) is 2.67. The Labute approximate surface area is 165 Å². The Hall–Kier alpha value is -1.69. The van der Waals surface area contributed by atoms with Gasteiger partial charge in [0.25, 0.3) is 5.91 Å². The SMILES string of the molecule is CN(C(=O)c1cccnn1)C1CCC(CN)(c2cccc(Cl)c2)CC1.Cl. The van der Waals surface area contributed by atoms with E-state index < -0.39 is 0 Å². The van der Waals surface area contributed by atoms with Crippen molar-refractivity contribution in [3.63, 3.8) is 0 Å². The molecule has 1 amide bonds. The van der Waals surface area contributed by atoms with Gasteiger partial charge in [-0.15, -0.1) is 17.5 Å². The van der Waals surface area contributed by atoms with Crippen LogP contribution in [0.25, 0.3) is 0 Å².